The van der Waals surface area contributed by atoms with Gasteiger partial charge in [-0.25, -0.2) is 4.79 Å². The van der Waals surface area contributed by atoms with Gasteiger partial charge in [0.25, 0.3) is 0 Å². The lowest BCUT2D eigenvalue weighted by Gasteiger charge is -2.19. The molecule has 1 saturated heterocycles. The van der Waals surface area contributed by atoms with Crippen molar-refractivity contribution in [3.8, 4) is 5.75 Å². The molecule has 4 rings (SSSR count). The highest BCUT2D eigenvalue weighted by molar-refractivity contribution is 5.93. The molecule has 122 valence electrons. The summed E-state index contributed by atoms with van der Waals surface area (Å²) in [6, 6.07) is 5.62. The van der Waals surface area contributed by atoms with E-state index in [1.54, 1.807) is 0 Å². The summed E-state index contributed by atoms with van der Waals surface area (Å²) < 4.78 is 18.2. The molecular formula is C17H20N2O4. The Bertz CT molecular complexity index is 799. The minimum Gasteiger partial charge on any atom is -0.486 e. The number of carbonyl (C=O) groups excluding carboxylic acids is 1. The Morgan fingerprint density at radius 1 is 1.43 bits per heavy atom. The van der Waals surface area contributed by atoms with Crippen LogP contribution in [0.25, 0.3) is 10.9 Å². The van der Waals surface area contributed by atoms with Crippen LogP contribution >= 0.6 is 0 Å². The van der Waals surface area contributed by atoms with E-state index in [4.69, 9.17) is 14.2 Å². The zero-order valence-corrected chi connectivity index (χ0v) is 13.8. The minimum atomic E-state index is -0.568. The molecule has 6 nitrogen and oxygen atoms in total. The molecule has 6 heteroatoms. The molecule has 0 bridgehead atoms. The molecule has 1 aromatic carbocycles. The van der Waals surface area contributed by atoms with Gasteiger partial charge < -0.3 is 14.2 Å². The van der Waals surface area contributed by atoms with Crippen molar-refractivity contribution >= 4 is 17.0 Å². The lowest BCUT2D eigenvalue weighted by atomic mass is 10.2. The van der Waals surface area contributed by atoms with Gasteiger partial charge in [0.15, 0.2) is 0 Å². The molecule has 1 saturated carbocycles. The first-order chi connectivity index (χ1) is 10.8. The van der Waals surface area contributed by atoms with Crippen LogP contribution in [0.5, 0.6) is 5.75 Å². The van der Waals surface area contributed by atoms with Crippen molar-refractivity contribution in [2.75, 3.05) is 6.61 Å². The van der Waals surface area contributed by atoms with E-state index in [-0.39, 0.29) is 11.7 Å². The Hall–Kier alpha value is -2.08. The number of fused-ring (bicyclic) bond motifs is 1. The van der Waals surface area contributed by atoms with E-state index < -0.39 is 11.7 Å². The topological polar surface area (TPSA) is 65.9 Å². The predicted octanol–water partition coefficient (Wildman–Crippen LogP) is 3.05. The number of epoxide rings is 1. The molecule has 2 heterocycles. The van der Waals surface area contributed by atoms with Crippen LogP contribution in [-0.2, 0) is 9.47 Å². The van der Waals surface area contributed by atoms with Gasteiger partial charge in [0.1, 0.15) is 23.1 Å². The van der Waals surface area contributed by atoms with Crippen LogP contribution in [-0.4, -0.2) is 39.8 Å². The van der Waals surface area contributed by atoms with Gasteiger partial charge in [-0.05, 0) is 39.8 Å². The molecule has 1 spiro atoms. The fraction of sp³-hybridized carbons (Fsp3) is 0.529. The number of carbonyl (C=O) groups is 1. The third kappa shape index (κ3) is 2.47. The lowest BCUT2D eigenvalue weighted by Crippen LogP contribution is -2.27. The number of rotatable bonds is 2. The summed E-state index contributed by atoms with van der Waals surface area (Å²) in [5.74, 6) is 0.743. The Kier molecular flexibility index (Phi) is 2.82. The number of nitrogens with zero attached hydrogens (tertiary/aromatic N) is 2. The highest BCUT2D eigenvalue weighted by Crippen LogP contribution is 2.53. The molecule has 1 aliphatic carbocycles. The molecule has 2 fully saturated rings. The molecule has 23 heavy (non-hydrogen) atoms. The maximum absolute atomic E-state index is 12.4. The fourth-order valence-corrected chi connectivity index (χ4v) is 2.81. The first-order valence-electron chi connectivity index (χ1n) is 7.81. The van der Waals surface area contributed by atoms with E-state index in [0.29, 0.717) is 5.52 Å². The minimum absolute atomic E-state index is 0.0305. The van der Waals surface area contributed by atoms with Gasteiger partial charge in [-0.2, -0.15) is 9.78 Å². The fourth-order valence-electron chi connectivity index (χ4n) is 2.81. The van der Waals surface area contributed by atoms with Gasteiger partial charge in [0.2, 0.25) is 0 Å². The summed E-state index contributed by atoms with van der Waals surface area (Å²) in [4.78, 5) is 12.4. The first-order valence-corrected chi connectivity index (χ1v) is 7.81. The molecule has 2 aromatic rings. The van der Waals surface area contributed by atoms with Gasteiger partial charge in [-0.3, -0.25) is 0 Å². The molecule has 2 atom stereocenters. The third-order valence-corrected chi connectivity index (χ3v) is 4.15. The number of hydrogen-bond acceptors (Lipinski definition) is 5. The summed E-state index contributed by atoms with van der Waals surface area (Å²) in [6.45, 7) is 8.15. The monoisotopic (exact) mass is 316 g/mol. The SMILES string of the molecule is Cc1nn(C(=O)OC(C)(C)C)c2cccc(O[C@@H]3C[C@@]34CO4)c12. The summed E-state index contributed by atoms with van der Waals surface area (Å²) in [7, 11) is 0. The van der Waals surface area contributed by atoms with E-state index >= 15 is 0 Å². The van der Waals surface area contributed by atoms with Crippen LogP contribution in [0.2, 0.25) is 0 Å². The number of hydrogen-bond donors (Lipinski definition) is 0. The van der Waals surface area contributed by atoms with Crippen LogP contribution < -0.4 is 4.74 Å². The molecule has 0 radical (unpaired) electrons. The smallest absolute Gasteiger partial charge is 0.435 e. The number of aromatic nitrogens is 2. The highest BCUT2D eigenvalue weighted by atomic mass is 16.6. The second kappa shape index (κ2) is 4.47. The van der Waals surface area contributed by atoms with E-state index in [2.05, 4.69) is 5.10 Å². The van der Waals surface area contributed by atoms with Crippen LogP contribution in [0, 0.1) is 6.92 Å². The Morgan fingerprint density at radius 3 is 2.78 bits per heavy atom. The van der Waals surface area contributed by atoms with Crippen LogP contribution in [0.4, 0.5) is 4.79 Å². The molecule has 1 aliphatic heterocycles. The Labute approximate surface area is 134 Å². The quantitative estimate of drug-likeness (QED) is 0.797. The summed E-state index contributed by atoms with van der Waals surface area (Å²) in [5.41, 5.74) is 0.840. The van der Waals surface area contributed by atoms with Gasteiger partial charge >= 0.3 is 6.09 Å². The third-order valence-electron chi connectivity index (χ3n) is 4.15. The average molecular weight is 316 g/mol. The van der Waals surface area contributed by atoms with E-state index in [0.717, 1.165) is 29.9 Å². The zero-order valence-electron chi connectivity index (χ0n) is 13.8. The average Bonchev–Trinajstić information content (AvgIpc) is 3.32. The van der Waals surface area contributed by atoms with Crippen molar-refractivity contribution < 1.29 is 19.0 Å². The summed E-state index contributed by atoms with van der Waals surface area (Å²) >= 11 is 0. The van der Waals surface area contributed by atoms with E-state index in [1.165, 1.54) is 4.68 Å². The van der Waals surface area contributed by atoms with Gasteiger partial charge in [0.05, 0.1) is 23.2 Å². The standard InChI is InChI=1S/C17H20N2O4/c1-10-14-11(19(18-10)15(20)23-16(2,3)4)6-5-7-12(14)22-13-8-17(13)9-21-17/h5-7,13H,8-9H2,1-4H3/t13-,17-/m1/s1. The van der Waals surface area contributed by atoms with Crippen molar-refractivity contribution in [2.45, 2.75) is 51.4 Å². The molecule has 0 unspecified atom stereocenters. The predicted molar refractivity (Wildman–Crippen MR) is 83.8 cm³/mol. The van der Waals surface area contributed by atoms with Crippen LogP contribution in [0.15, 0.2) is 18.2 Å². The normalized spacial score (nSPS) is 25.7. The molecule has 2 aliphatic rings. The summed E-state index contributed by atoms with van der Waals surface area (Å²) in [6.07, 6.45) is 0.557. The summed E-state index contributed by atoms with van der Waals surface area (Å²) in [5, 5.41) is 5.19. The Balaban J connectivity index is 1.69. The lowest BCUT2D eigenvalue weighted by molar-refractivity contribution is 0.0522. The van der Waals surface area contributed by atoms with Crippen molar-refractivity contribution in [3.63, 3.8) is 0 Å². The van der Waals surface area contributed by atoms with Crippen LogP contribution in [0.1, 0.15) is 32.9 Å². The van der Waals surface area contributed by atoms with Crippen LogP contribution in [0.3, 0.4) is 0 Å². The van der Waals surface area contributed by atoms with Crippen molar-refractivity contribution in [3.05, 3.63) is 23.9 Å². The largest absolute Gasteiger partial charge is 0.486 e. The molecule has 0 N–H and O–H groups in total. The van der Waals surface area contributed by atoms with Crippen molar-refractivity contribution in [1.82, 2.24) is 9.78 Å². The second-order valence-electron chi connectivity index (χ2n) is 7.29. The molecular weight excluding hydrogens is 296 g/mol. The Morgan fingerprint density at radius 2 is 2.17 bits per heavy atom. The first kappa shape index (κ1) is 14.5. The molecule has 1 aromatic heterocycles. The van der Waals surface area contributed by atoms with E-state index in [1.807, 2.05) is 45.9 Å². The van der Waals surface area contributed by atoms with Crippen molar-refractivity contribution in [1.29, 1.82) is 0 Å². The van der Waals surface area contributed by atoms with Gasteiger partial charge in [-0.1, -0.05) is 6.07 Å². The highest BCUT2D eigenvalue weighted by Gasteiger charge is 2.68. The number of ether oxygens (including phenoxy) is 3. The maximum atomic E-state index is 12.4. The second-order valence-corrected chi connectivity index (χ2v) is 7.29. The van der Waals surface area contributed by atoms with Gasteiger partial charge in [-0.15, -0.1) is 0 Å². The molecule has 0 amide bonds. The van der Waals surface area contributed by atoms with Gasteiger partial charge in [0, 0.05) is 6.42 Å². The number of aryl methyl sites for hydroxylation is 1. The maximum Gasteiger partial charge on any atom is 0.435 e. The van der Waals surface area contributed by atoms with E-state index in [9.17, 15) is 4.79 Å². The zero-order chi connectivity index (χ0) is 16.4. The number of benzene rings is 1. The van der Waals surface area contributed by atoms with Crippen molar-refractivity contribution in [2.24, 2.45) is 0 Å².